The molecule has 2 aromatic rings. The molecule has 120 valence electrons. The summed E-state index contributed by atoms with van der Waals surface area (Å²) in [7, 11) is -3.50. The summed E-state index contributed by atoms with van der Waals surface area (Å²) in [5.74, 6) is -0.227. The van der Waals surface area contributed by atoms with Crippen LogP contribution in [0.4, 0.5) is 0 Å². The fourth-order valence-corrected chi connectivity index (χ4v) is 3.22. The van der Waals surface area contributed by atoms with Gasteiger partial charge < -0.3 is 10.2 Å². The topological polar surface area (TPSA) is 83.8 Å². The summed E-state index contributed by atoms with van der Waals surface area (Å²) >= 11 is 0. The van der Waals surface area contributed by atoms with Crippen molar-refractivity contribution in [1.29, 1.82) is 0 Å². The summed E-state index contributed by atoms with van der Waals surface area (Å²) in [4.78, 5) is 18.4. The number of amides is 1. The third kappa shape index (κ3) is 2.94. The zero-order chi connectivity index (χ0) is 15.0. The highest BCUT2D eigenvalue weighted by Gasteiger charge is 2.26. The van der Waals surface area contributed by atoms with Gasteiger partial charge in [-0.05, 0) is 12.1 Å². The molecule has 0 unspecified atom stereocenters. The van der Waals surface area contributed by atoms with Crippen LogP contribution in [0.1, 0.15) is 10.5 Å². The zero-order valence-corrected chi connectivity index (χ0v) is 13.7. The molecular weight excluding hydrogens is 328 g/mol. The number of halogens is 1. The molecule has 1 N–H and O–H groups in total. The maximum absolute atomic E-state index is 12.6. The third-order valence-electron chi connectivity index (χ3n) is 3.45. The number of nitrogens with zero attached hydrogens (tertiary/aromatic N) is 3. The number of hydrogen-bond acceptors (Lipinski definition) is 5. The average Bonchev–Trinajstić information content (AvgIpc) is 2.87. The number of nitrogens with one attached hydrogen (secondary N) is 1. The second-order valence-corrected chi connectivity index (χ2v) is 6.92. The van der Waals surface area contributed by atoms with Crippen molar-refractivity contribution < 1.29 is 13.2 Å². The Bertz CT molecular complexity index is 797. The lowest BCUT2D eigenvalue weighted by Gasteiger charge is -2.26. The Morgan fingerprint density at radius 2 is 1.95 bits per heavy atom. The number of fused-ring (bicyclic) bond motifs is 1. The minimum Gasteiger partial charge on any atom is -0.335 e. The van der Waals surface area contributed by atoms with Crippen molar-refractivity contribution >= 4 is 33.7 Å². The highest BCUT2D eigenvalue weighted by molar-refractivity contribution is 7.90. The van der Waals surface area contributed by atoms with E-state index in [-0.39, 0.29) is 29.2 Å². The fraction of sp³-hybridized carbons (Fsp3) is 0.385. The van der Waals surface area contributed by atoms with E-state index >= 15 is 0 Å². The maximum atomic E-state index is 12.6. The molecular formula is C13H17ClN4O3S. The van der Waals surface area contributed by atoms with Crippen LogP contribution in [-0.4, -0.2) is 61.0 Å². The summed E-state index contributed by atoms with van der Waals surface area (Å²) in [5, 5.41) is 3.07. The molecule has 2 aromatic heterocycles. The molecule has 1 fully saturated rings. The number of pyridine rings is 1. The molecule has 0 spiro atoms. The van der Waals surface area contributed by atoms with Crippen LogP contribution >= 0.6 is 12.4 Å². The number of imidazole rings is 1. The molecule has 3 heterocycles. The summed E-state index contributed by atoms with van der Waals surface area (Å²) in [6.45, 7) is 2.66. The van der Waals surface area contributed by atoms with E-state index in [2.05, 4.69) is 10.3 Å². The number of rotatable bonds is 2. The van der Waals surface area contributed by atoms with Crippen molar-refractivity contribution in [2.24, 2.45) is 0 Å². The number of carbonyl (C=O) groups is 1. The molecule has 0 bridgehead atoms. The Balaban J connectivity index is 0.00000176. The van der Waals surface area contributed by atoms with Crippen LogP contribution in [0.15, 0.2) is 29.6 Å². The van der Waals surface area contributed by atoms with Crippen LogP contribution in [0, 0.1) is 0 Å². The Morgan fingerprint density at radius 1 is 1.27 bits per heavy atom. The SMILES string of the molecule is CS(=O)(=O)c1nc(C(=O)N2CCNCC2)c2ccccn12.Cl. The van der Waals surface area contributed by atoms with Crippen LogP contribution in [0.5, 0.6) is 0 Å². The Hall–Kier alpha value is -1.64. The first-order chi connectivity index (χ1) is 9.98. The molecule has 3 rings (SSSR count). The molecule has 9 heteroatoms. The van der Waals surface area contributed by atoms with Crippen molar-refractivity contribution in [2.45, 2.75) is 5.16 Å². The van der Waals surface area contributed by atoms with E-state index in [0.29, 0.717) is 18.6 Å². The number of aromatic nitrogens is 2. The lowest BCUT2D eigenvalue weighted by Crippen LogP contribution is -2.46. The van der Waals surface area contributed by atoms with Gasteiger partial charge in [0.2, 0.25) is 15.0 Å². The molecule has 1 aliphatic rings. The molecule has 22 heavy (non-hydrogen) atoms. The normalized spacial score (nSPS) is 15.6. The summed E-state index contributed by atoms with van der Waals surface area (Å²) in [5.41, 5.74) is 0.708. The average molecular weight is 345 g/mol. The third-order valence-corrected chi connectivity index (χ3v) is 4.41. The monoisotopic (exact) mass is 344 g/mol. The number of hydrogen-bond donors (Lipinski definition) is 1. The van der Waals surface area contributed by atoms with E-state index in [1.807, 2.05) is 0 Å². The molecule has 7 nitrogen and oxygen atoms in total. The first kappa shape index (κ1) is 16.7. The van der Waals surface area contributed by atoms with E-state index < -0.39 is 9.84 Å². The maximum Gasteiger partial charge on any atom is 0.274 e. The Kier molecular flexibility index (Phi) is 4.74. The first-order valence-corrected chi connectivity index (χ1v) is 8.55. The second-order valence-electron chi connectivity index (χ2n) is 5.01. The van der Waals surface area contributed by atoms with Gasteiger partial charge in [-0.2, -0.15) is 0 Å². The van der Waals surface area contributed by atoms with Crippen LogP contribution < -0.4 is 5.32 Å². The van der Waals surface area contributed by atoms with Gasteiger partial charge in [-0.25, -0.2) is 13.4 Å². The molecule has 0 radical (unpaired) electrons. The highest BCUT2D eigenvalue weighted by Crippen LogP contribution is 2.18. The van der Waals surface area contributed by atoms with Gasteiger partial charge >= 0.3 is 0 Å². The zero-order valence-electron chi connectivity index (χ0n) is 12.0. The summed E-state index contributed by atoms with van der Waals surface area (Å²) < 4.78 is 25.1. The minimum absolute atomic E-state index is 0. The van der Waals surface area contributed by atoms with Gasteiger partial charge in [0, 0.05) is 38.6 Å². The van der Waals surface area contributed by atoms with Crippen molar-refractivity contribution in [3.05, 3.63) is 30.1 Å². The van der Waals surface area contributed by atoms with Crippen LogP contribution in [0.3, 0.4) is 0 Å². The molecule has 1 aliphatic heterocycles. The second kappa shape index (κ2) is 6.23. The lowest BCUT2D eigenvalue weighted by molar-refractivity contribution is 0.0732. The molecule has 0 aliphatic carbocycles. The van der Waals surface area contributed by atoms with Crippen molar-refractivity contribution in [3.63, 3.8) is 0 Å². The van der Waals surface area contributed by atoms with E-state index in [0.717, 1.165) is 19.3 Å². The van der Waals surface area contributed by atoms with Crippen molar-refractivity contribution in [3.8, 4) is 0 Å². The lowest BCUT2D eigenvalue weighted by atomic mass is 10.2. The van der Waals surface area contributed by atoms with Gasteiger partial charge in [0.05, 0.1) is 5.52 Å². The van der Waals surface area contributed by atoms with Crippen molar-refractivity contribution in [1.82, 2.24) is 19.6 Å². The van der Waals surface area contributed by atoms with Crippen LogP contribution in [0.25, 0.3) is 5.52 Å². The number of sulfone groups is 1. The van der Waals surface area contributed by atoms with E-state index in [4.69, 9.17) is 0 Å². The molecule has 1 amide bonds. The highest BCUT2D eigenvalue weighted by atomic mass is 35.5. The quantitative estimate of drug-likeness (QED) is 0.841. The van der Waals surface area contributed by atoms with E-state index in [9.17, 15) is 13.2 Å². The predicted molar refractivity (Wildman–Crippen MR) is 84.3 cm³/mol. The largest absolute Gasteiger partial charge is 0.335 e. The predicted octanol–water partition coefficient (Wildman–Crippen LogP) is 0.205. The molecule has 0 atom stereocenters. The standard InChI is InChI=1S/C13H16N4O3S.ClH/c1-21(19,20)13-15-11(10-4-2-3-7-17(10)13)12(18)16-8-5-14-6-9-16;/h2-4,7,14H,5-6,8-9H2,1H3;1H. The Morgan fingerprint density at radius 3 is 2.59 bits per heavy atom. The minimum atomic E-state index is -3.50. The number of carbonyl (C=O) groups excluding carboxylic acids is 1. The summed E-state index contributed by atoms with van der Waals surface area (Å²) in [6, 6.07) is 5.18. The van der Waals surface area contributed by atoms with Gasteiger partial charge in [-0.15, -0.1) is 12.4 Å². The fourth-order valence-electron chi connectivity index (χ4n) is 2.45. The number of piperazine rings is 1. The van der Waals surface area contributed by atoms with Gasteiger partial charge in [-0.3, -0.25) is 9.20 Å². The molecule has 1 saturated heterocycles. The summed E-state index contributed by atoms with van der Waals surface area (Å²) in [6.07, 6.45) is 2.70. The van der Waals surface area contributed by atoms with Gasteiger partial charge in [0.15, 0.2) is 5.69 Å². The van der Waals surface area contributed by atoms with Crippen LogP contribution in [-0.2, 0) is 9.84 Å². The van der Waals surface area contributed by atoms with Gasteiger partial charge in [-0.1, -0.05) is 6.07 Å². The van der Waals surface area contributed by atoms with E-state index in [1.54, 1.807) is 29.3 Å². The molecule has 0 saturated carbocycles. The molecule has 0 aromatic carbocycles. The smallest absolute Gasteiger partial charge is 0.274 e. The van der Waals surface area contributed by atoms with Crippen molar-refractivity contribution in [2.75, 3.05) is 32.4 Å². The van der Waals surface area contributed by atoms with Gasteiger partial charge in [0.25, 0.3) is 5.91 Å². The Labute approximate surface area is 134 Å². The van der Waals surface area contributed by atoms with Crippen LogP contribution in [0.2, 0.25) is 0 Å². The van der Waals surface area contributed by atoms with E-state index in [1.165, 1.54) is 4.40 Å². The van der Waals surface area contributed by atoms with Gasteiger partial charge in [0.1, 0.15) is 0 Å². The first-order valence-electron chi connectivity index (χ1n) is 6.65.